The number of ether oxygens (including phenoxy) is 2. The van der Waals surface area contributed by atoms with Crippen LogP contribution >= 0.6 is 0 Å². The highest BCUT2D eigenvalue weighted by atomic mass is 16.6. The molecular formula is C17H23NO3. The molecule has 1 atom stereocenters. The van der Waals surface area contributed by atoms with Crippen LogP contribution in [0.3, 0.4) is 0 Å². The van der Waals surface area contributed by atoms with Gasteiger partial charge in [-0.05, 0) is 37.8 Å². The molecule has 2 aliphatic carbocycles. The van der Waals surface area contributed by atoms with Gasteiger partial charge in [0.2, 0.25) is 0 Å². The van der Waals surface area contributed by atoms with Crippen LogP contribution in [0.15, 0.2) is 24.3 Å². The van der Waals surface area contributed by atoms with Crippen molar-refractivity contribution in [2.24, 2.45) is 5.41 Å². The molecule has 1 amide bonds. The van der Waals surface area contributed by atoms with E-state index in [-0.39, 0.29) is 17.6 Å². The summed E-state index contributed by atoms with van der Waals surface area (Å²) in [5, 5.41) is 2.80. The Balaban J connectivity index is 1.59. The van der Waals surface area contributed by atoms with Crippen LogP contribution in [0.5, 0.6) is 5.75 Å². The second-order valence-corrected chi connectivity index (χ2v) is 6.18. The summed E-state index contributed by atoms with van der Waals surface area (Å²) in [7, 11) is 1.59. The molecule has 0 bridgehead atoms. The van der Waals surface area contributed by atoms with Crippen LogP contribution in [0.1, 0.15) is 44.9 Å². The van der Waals surface area contributed by atoms with Gasteiger partial charge in [-0.3, -0.25) is 5.32 Å². The molecular weight excluding hydrogens is 266 g/mol. The van der Waals surface area contributed by atoms with Crippen LogP contribution < -0.4 is 10.1 Å². The lowest BCUT2D eigenvalue weighted by atomic mass is 9.58. The molecule has 1 aromatic carbocycles. The van der Waals surface area contributed by atoms with Crippen molar-refractivity contribution in [1.29, 1.82) is 0 Å². The number of hydrogen-bond donors (Lipinski definition) is 1. The minimum absolute atomic E-state index is 0.0903. The lowest BCUT2D eigenvalue weighted by Crippen LogP contribution is -2.49. The van der Waals surface area contributed by atoms with Crippen molar-refractivity contribution < 1.29 is 14.3 Å². The predicted molar refractivity (Wildman–Crippen MR) is 81.6 cm³/mol. The average Bonchev–Trinajstić information content (AvgIpc) is 2.53. The van der Waals surface area contributed by atoms with E-state index in [1.807, 2.05) is 24.3 Å². The van der Waals surface area contributed by atoms with Crippen LogP contribution in [0, 0.1) is 5.41 Å². The van der Waals surface area contributed by atoms with Gasteiger partial charge >= 0.3 is 6.09 Å². The molecule has 4 heteroatoms. The minimum atomic E-state index is -0.367. The number of benzene rings is 1. The Hall–Kier alpha value is -1.71. The summed E-state index contributed by atoms with van der Waals surface area (Å²) in [6.07, 6.45) is 8.21. The number of rotatable bonds is 3. The predicted octanol–water partition coefficient (Wildman–Crippen LogP) is 4.36. The van der Waals surface area contributed by atoms with E-state index in [0.29, 0.717) is 11.4 Å². The maximum absolute atomic E-state index is 12.1. The molecule has 0 aliphatic heterocycles. The van der Waals surface area contributed by atoms with Gasteiger partial charge in [0.1, 0.15) is 11.9 Å². The molecule has 3 rings (SSSR count). The zero-order valence-electron chi connectivity index (χ0n) is 12.6. The second-order valence-electron chi connectivity index (χ2n) is 6.18. The first-order valence-corrected chi connectivity index (χ1v) is 7.84. The smallest absolute Gasteiger partial charge is 0.412 e. The Labute approximate surface area is 125 Å². The molecule has 1 unspecified atom stereocenters. The number of para-hydroxylation sites is 2. The molecule has 2 fully saturated rings. The van der Waals surface area contributed by atoms with E-state index in [4.69, 9.17) is 9.47 Å². The first kappa shape index (κ1) is 14.2. The SMILES string of the molecule is COc1ccccc1NC(=O)OC1CCC12CCCCC2. The number of methoxy groups -OCH3 is 1. The lowest BCUT2D eigenvalue weighted by molar-refractivity contribution is -0.0890. The fraction of sp³-hybridized carbons (Fsp3) is 0.588. The largest absolute Gasteiger partial charge is 0.495 e. The molecule has 1 aromatic rings. The van der Waals surface area contributed by atoms with Gasteiger partial charge in [-0.1, -0.05) is 31.4 Å². The topological polar surface area (TPSA) is 47.6 Å². The normalized spacial score (nSPS) is 23.2. The number of anilines is 1. The van der Waals surface area contributed by atoms with Crippen LogP contribution in [0.4, 0.5) is 10.5 Å². The molecule has 0 saturated heterocycles. The molecule has 0 radical (unpaired) electrons. The Bertz CT molecular complexity index is 509. The maximum atomic E-state index is 12.1. The van der Waals surface area contributed by atoms with Crippen LogP contribution in [0.25, 0.3) is 0 Å². The van der Waals surface area contributed by atoms with Crippen molar-refractivity contribution in [2.75, 3.05) is 12.4 Å². The van der Waals surface area contributed by atoms with Gasteiger partial charge in [0.25, 0.3) is 0 Å². The summed E-state index contributed by atoms with van der Waals surface area (Å²) in [6.45, 7) is 0. The number of hydrogen-bond acceptors (Lipinski definition) is 3. The van der Waals surface area contributed by atoms with Crippen LogP contribution in [-0.4, -0.2) is 19.3 Å². The number of amides is 1. The van der Waals surface area contributed by atoms with E-state index in [2.05, 4.69) is 5.32 Å². The van der Waals surface area contributed by atoms with E-state index >= 15 is 0 Å². The molecule has 4 nitrogen and oxygen atoms in total. The summed E-state index contributed by atoms with van der Waals surface area (Å²) in [5.74, 6) is 0.649. The fourth-order valence-corrected chi connectivity index (χ4v) is 3.70. The standard InChI is InChI=1S/C17H23NO3/c1-20-14-8-4-3-7-13(14)18-16(19)21-15-9-12-17(15)10-5-2-6-11-17/h3-4,7-8,15H,2,5-6,9-12H2,1H3,(H,18,19). The van der Waals surface area contributed by atoms with Gasteiger partial charge in [-0.2, -0.15) is 0 Å². The average molecular weight is 289 g/mol. The highest BCUT2D eigenvalue weighted by Crippen LogP contribution is 2.53. The first-order valence-electron chi connectivity index (χ1n) is 7.84. The van der Waals surface area contributed by atoms with Crippen molar-refractivity contribution in [3.8, 4) is 5.75 Å². The van der Waals surface area contributed by atoms with E-state index in [1.165, 1.54) is 38.5 Å². The molecule has 1 spiro atoms. The third kappa shape index (κ3) is 2.85. The van der Waals surface area contributed by atoms with Gasteiger partial charge in [0.15, 0.2) is 0 Å². The van der Waals surface area contributed by atoms with E-state index < -0.39 is 0 Å². The third-order valence-electron chi connectivity index (χ3n) is 5.03. The summed E-state index contributed by atoms with van der Waals surface area (Å²) < 4.78 is 10.9. The summed E-state index contributed by atoms with van der Waals surface area (Å²) in [6, 6.07) is 7.38. The molecule has 114 valence electrons. The molecule has 1 N–H and O–H groups in total. The van der Waals surface area contributed by atoms with Crippen molar-refractivity contribution in [3.63, 3.8) is 0 Å². The van der Waals surface area contributed by atoms with Gasteiger partial charge in [-0.15, -0.1) is 0 Å². The number of carbonyl (C=O) groups excluding carboxylic acids is 1. The van der Waals surface area contributed by atoms with Gasteiger partial charge < -0.3 is 9.47 Å². The van der Waals surface area contributed by atoms with Crippen LogP contribution in [0.2, 0.25) is 0 Å². The van der Waals surface area contributed by atoms with Gasteiger partial charge in [0.05, 0.1) is 12.8 Å². The Morgan fingerprint density at radius 2 is 1.95 bits per heavy atom. The number of nitrogens with one attached hydrogen (secondary N) is 1. The van der Waals surface area contributed by atoms with Crippen molar-refractivity contribution >= 4 is 11.8 Å². The number of carbonyl (C=O) groups is 1. The minimum Gasteiger partial charge on any atom is -0.495 e. The molecule has 0 aromatic heterocycles. The second kappa shape index (κ2) is 5.96. The quantitative estimate of drug-likeness (QED) is 0.899. The first-order chi connectivity index (χ1) is 10.2. The molecule has 0 heterocycles. The Kier molecular flexibility index (Phi) is 4.04. The highest BCUT2D eigenvalue weighted by Gasteiger charge is 2.49. The highest BCUT2D eigenvalue weighted by molar-refractivity contribution is 5.86. The summed E-state index contributed by atoms with van der Waals surface area (Å²) in [4.78, 5) is 12.1. The Morgan fingerprint density at radius 3 is 2.62 bits per heavy atom. The zero-order chi connectivity index (χ0) is 14.7. The van der Waals surface area contributed by atoms with Crippen molar-refractivity contribution in [1.82, 2.24) is 0 Å². The van der Waals surface area contributed by atoms with Gasteiger partial charge in [0, 0.05) is 5.41 Å². The van der Waals surface area contributed by atoms with E-state index in [9.17, 15) is 4.79 Å². The zero-order valence-corrected chi connectivity index (χ0v) is 12.6. The monoisotopic (exact) mass is 289 g/mol. The fourth-order valence-electron chi connectivity index (χ4n) is 3.70. The lowest BCUT2D eigenvalue weighted by Gasteiger charge is -2.50. The van der Waals surface area contributed by atoms with Crippen LogP contribution in [-0.2, 0) is 4.74 Å². The Morgan fingerprint density at radius 1 is 1.19 bits per heavy atom. The molecule has 21 heavy (non-hydrogen) atoms. The van der Waals surface area contributed by atoms with E-state index in [0.717, 1.165) is 6.42 Å². The van der Waals surface area contributed by atoms with Gasteiger partial charge in [-0.25, -0.2) is 4.79 Å². The third-order valence-corrected chi connectivity index (χ3v) is 5.03. The molecule has 2 aliphatic rings. The van der Waals surface area contributed by atoms with Crippen molar-refractivity contribution in [2.45, 2.75) is 51.0 Å². The summed E-state index contributed by atoms with van der Waals surface area (Å²) in [5.41, 5.74) is 0.929. The molecule has 2 saturated carbocycles. The van der Waals surface area contributed by atoms with E-state index in [1.54, 1.807) is 7.11 Å². The maximum Gasteiger partial charge on any atom is 0.412 e. The summed E-state index contributed by atoms with van der Waals surface area (Å²) >= 11 is 0. The van der Waals surface area contributed by atoms with Crippen molar-refractivity contribution in [3.05, 3.63) is 24.3 Å².